The SMILES string of the molecule is CCCCC1(O)CC(C=NN)CC1(N)C(=O)O. The van der Waals surface area contributed by atoms with Crippen molar-refractivity contribution in [3.63, 3.8) is 0 Å². The maximum atomic E-state index is 11.3. The lowest BCUT2D eigenvalue weighted by atomic mass is 9.80. The van der Waals surface area contributed by atoms with Gasteiger partial charge in [-0.2, -0.15) is 5.10 Å². The van der Waals surface area contributed by atoms with E-state index in [2.05, 4.69) is 5.10 Å². The maximum Gasteiger partial charge on any atom is 0.326 e. The van der Waals surface area contributed by atoms with Gasteiger partial charge in [-0.1, -0.05) is 19.8 Å². The van der Waals surface area contributed by atoms with Crippen LogP contribution in [0, 0.1) is 5.92 Å². The Morgan fingerprint density at radius 2 is 2.24 bits per heavy atom. The average molecular weight is 243 g/mol. The van der Waals surface area contributed by atoms with E-state index in [-0.39, 0.29) is 12.3 Å². The Hall–Kier alpha value is -1.14. The first kappa shape index (κ1) is 13.9. The maximum absolute atomic E-state index is 11.3. The minimum atomic E-state index is -1.60. The zero-order chi connectivity index (χ0) is 13.1. The van der Waals surface area contributed by atoms with Gasteiger partial charge >= 0.3 is 5.97 Å². The van der Waals surface area contributed by atoms with Crippen LogP contribution in [0.25, 0.3) is 0 Å². The molecule has 0 aliphatic heterocycles. The van der Waals surface area contributed by atoms with Gasteiger partial charge < -0.3 is 21.8 Å². The summed E-state index contributed by atoms with van der Waals surface area (Å²) in [7, 11) is 0. The molecule has 0 radical (unpaired) electrons. The summed E-state index contributed by atoms with van der Waals surface area (Å²) in [6.45, 7) is 1.98. The van der Waals surface area contributed by atoms with Crippen LogP contribution in [-0.4, -0.2) is 33.5 Å². The molecule has 3 unspecified atom stereocenters. The Balaban J connectivity index is 2.95. The van der Waals surface area contributed by atoms with Crippen LogP contribution in [0.15, 0.2) is 5.10 Å². The second-order valence-corrected chi connectivity index (χ2v) is 4.88. The molecule has 6 nitrogen and oxygen atoms in total. The normalized spacial score (nSPS) is 37.7. The summed E-state index contributed by atoms with van der Waals surface area (Å²) in [6.07, 6.45) is 3.96. The van der Waals surface area contributed by atoms with Crippen LogP contribution in [0.1, 0.15) is 39.0 Å². The van der Waals surface area contributed by atoms with Gasteiger partial charge in [-0.05, 0) is 19.3 Å². The molecule has 0 aromatic carbocycles. The monoisotopic (exact) mass is 243 g/mol. The van der Waals surface area contributed by atoms with Crippen molar-refractivity contribution in [2.24, 2.45) is 22.6 Å². The number of hydrazone groups is 1. The van der Waals surface area contributed by atoms with Gasteiger partial charge in [0.25, 0.3) is 0 Å². The van der Waals surface area contributed by atoms with E-state index >= 15 is 0 Å². The highest BCUT2D eigenvalue weighted by Crippen LogP contribution is 2.44. The molecule has 0 bridgehead atoms. The minimum absolute atomic E-state index is 0.170. The number of carboxylic acid groups (broad SMARTS) is 1. The summed E-state index contributed by atoms with van der Waals surface area (Å²) >= 11 is 0. The first-order valence-electron chi connectivity index (χ1n) is 5.87. The third-order valence-corrected chi connectivity index (χ3v) is 3.64. The van der Waals surface area contributed by atoms with E-state index < -0.39 is 17.1 Å². The number of aliphatic hydroxyl groups is 1. The van der Waals surface area contributed by atoms with Crippen molar-refractivity contribution in [1.29, 1.82) is 0 Å². The molecular formula is C11H21N3O3. The molecule has 0 heterocycles. The Kier molecular flexibility index (Phi) is 4.11. The number of nitrogens with two attached hydrogens (primary N) is 2. The van der Waals surface area contributed by atoms with E-state index in [4.69, 9.17) is 11.6 Å². The van der Waals surface area contributed by atoms with Crippen molar-refractivity contribution in [2.45, 2.75) is 50.2 Å². The summed E-state index contributed by atoms with van der Waals surface area (Å²) in [6, 6.07) is 0. The molecule has 0 saturated heterocycles. The molecule has 1 saturated carbocycles. The highest BCUT2D eigenvalue weighted by Gasteiger charge is 2.59. The lowest BCUT2D eigenvalue weighted by molar-refractivity contribution is -0.153. The zero-order valence-corrected chi connectivity index (χ0v) is 10.1. The lowest BCUT2D eigenvalue weighted by Crippen LogP contribution is -2.62. The Bertz CT molecular complexity index is 321. The molecule has 17 heavy (non-hydrogen) atoms. The first-order chi connectivity index (χ1) is 7.89. The number of carbonyl (C=O) groups is 1. The van der Waals surface area contributed by atoms with Crippen molar-refractivity contribution >= 4 is 12.2 Å². The van der Waals surface area contributed by atoms with Crippen molar-refractivity contribution < 1.29 is 15.0 Å². The Morgan fingerprint density at radius 3 is 2.71 bits per heavy atom. The fourth-order valence-corrected chi connectivity index (χ4v) is 2.60. The third kappa shape index (κ3) is 2.42. The van der Waals surface area contributed by atoms with Crippen LogP contribution in [0.3, 0.4) is 0 Å². The van der Waals surface area contributed by atoms with Crippen LogP contribution < -0.4 is 11.6 Å². The van der Waals surface area contributed by atoms with Gasteiger partial charge in [-0.3, -0.25) is 4.79 Å². The first-order valence-corrected chi connectivity index (χ1v) is 5.87. The van der Waals surface area contributed by atoms with Crippen LogP contribution in [0.4, 0.5) is 0 Å². The average Bonchev–Trinajstić information content (AvgIpc) is 2.50. The molecule has 3 atom stereocenters. The van der Waals surface area contributed by atoms with E-state index in [1.54, 1.807) is 0 Å². The van der Waals surface area contributed by atoms with E-state index in [0.717, 1.165) is 12.8 Å². The van der Waals surface area contributed by atoms with Gasteiger partial charge in [0.05, 0.1) is 5.60 Å². The Labute approximate surface area is 101 Å². The van der Waals surface area contributed by atoms with E-state index in [9.17, 15) is 15.0 Å². The van der Waals surface area contributed by atoms with Gasteiger partial charge in [-0.15, -0.1) is 0 Å². The van der Waals surface area contributed by atoms with Gasteiger partial charge in [0, 0.05) is 12.1 Å². The second-order valence-electron chi connectivity index (χ2n) is 4.88. The van der Waals surface area contributed by atoms with Gasteiger partial charge in [-0.25, -0.2) is 0 Å². The van der Waals surface area contributed by atoms with E-state index in [1.165, 1.54) is 6.21 Å². The lowest BCUT2D eigenvalue weighted by Gasteiger charge is -2.35. The topological polar surface area (TPSA) is 122 Å². The van der Waals surface area contributed by atoms with Crippen molar-refractivity contribution in [1.82, 2.24) is 0 Å². The van der Waals surface area contributed by atoms with Crippen LogP contribution in [-0.2, 0) is 4.79 Å². The smallest absolute Gasteiger partial charge is 0.326 e. The predicted molar refractivity (Wildman–Crippen MR) is 64.4 cm³/mol. The molecular weight excluding hydrogens is 222 g/mol. The van der Waals surface area contributed by atoms with Gasteiger partial charge in [0.2, 0.25) is 0 Å². The number of carboxylic acids is 1. The largest absolute Gasteiger partial charge is 0.480 e. The quantitative estimate of drug-likeness (QED) is 0.308. The minimum Gasteiger partial charge on any atom is -0.480 e. The number of rotatable bonds is 5. The number of aliphatic carboxylic acids is 1. The van der Waals surface area contributed by atoms with Crippen molar-refractivity contribution in [3.05, 3.63) is 0 Å². The standard InChI is InChI=1S/C11H21N3O3/c1-2-3-4-10(17)5-8(7-14-13)6-11(10,12)9(15)16/h7-8,17H,2-6,12-13H2,1H3,(H,15,16). The van der Waals surface area contributed by atoms with E-state index in [1.807, 2.05) is 6.92 Å². The second kappa shape index (κ2) is 5.01. The van der Waals surface area contributed by atoms with Crippen LogP contribution in [0.2, 0.25) is 0 Å². The van der Waals surface area contributed by atoms with Crippen LogP contribution in [0.5, 0.6) is 0 Å². The number of unbranched alkanes of at least 4 members (excludes halogenated alkanes) is 1. The van der Waals surface area contributed by atoms with Gasteiger partial charge in [0.1, 0.15) is 5.54 Å². The molecule has 1 fully saturated rings. The molecule has 0 spiro atoms. The van der Waals surface area contributed by atoms with Gasteiger partial charge in [0.15, 0.2) is 0 Å². The number of hydrogen-bond acceptors (Lipinski definition) is 5. The molecule has 0 amide bonds. The summed E-state index contributed by atoms with van der Waals surface area (Å²) in [5.74, 6) is 3.72. The highest BCUT2D eigenvalue weighted by molar-refractivity contribution is 5.82. The molecule has 1 aliphatic rings. The third-order valence-electron chi connectivity index (χ3n) is 3.64. The molecule has 1 aliphatic carbocycles. The molecule has 0 aromatic heterocycles. The fraction of sp³-hybridized carbons (Fsp3) is 0.818. The summed E-state index contributed by atoms with van der Waals surface area (Å²) in [5.41, 5.74) is 2.91. The van der Waals surface area contributed by atoms with Crippen molar-refractivity contribution in [2.75, 3.05) is 0 Å². The Morgan fingerprint density at radius 1 is 1.59 bits per heavy atom. The molecule has 6 heteroatoms. The van der Waals surface area contributed by atoms with E-state index in [0.29, 0.717) is 12.8 Å². The van der Waals surface area contributed by atoms with Crippen molar-refractivity contribution in [3.8, 4) is 0 Å². The summed E-state index contributed by atoms with van der Waals surface area (Å²) in [5, 5.41) is 23.1. The van der Waals surface area contributed by atoms with Crippen LogP contribution >= 0.6 is 0 Å². The molecule has 1 rings (SSSR count). The number of hydrogen-bond donors (Lipinski definition) is 4. The highest BCUT2D eigenvalue weighted by atomic mass is 16.4. The predicted octanol–water partition coefficient (Wildman–Crippen LogP) is 0.0443. The fourth-order valence-electron chi connectivity index (χ4n) is 2.60. The summed E-state index contributed by atoms with van der Waals surface area (Å²) in [4.78, 5) is 11.3. The molecule has 98 valence electrons. The number of nitrogens with zero attached hydrogens (tertiary/aromatic N) is 1. The zero-order valence-electron chi connectivity index (χ0n) is 10.1. The molecule has 6 N–H and O–H groups in total. The summed E-state index contributed by atoms with van der Waals surface area (Å²) < 4.78 is 0. The molecule has 0 aromatic rings.